The Morgan fingerprint density at radius 1 is 0.596 bits per heavy atom. The molecule has 0 N–H and O–H groups in total. The van der Waals surface area contributed by atoms with Crippen molar-refractivity contribution in [2.75, 3.05) is 31.2 Å². The van der Waals surface area contributed by atoms with Gasteiger partial charge in [0.05, 0.1) is 40.5 Å². The monoisotopic (exact) mass is 730 g/mol. The van der Waals surface area contributed by atoms with Gasteiger partial charge in [-0.3, -0.25) is 10.1 Å². The van der Waals surface area contributed by atoms with Gasteiger partial charge in [-0.25, -0.2) is 9.59 Å². The van der Waals surface area contributed by atoms with Crippen molar-refractivity contribution in [3.05, 3.63) is 142 Å². The molecule has 0 heterocycles. The van der Waals surface area contributed by atoms with E-state index in [4.69, 9.17) is 9.47 Å². The number of nitrogens with zero attached hydrogens (tertiary/aromatic N) is 4. The molecule has 0 aliphatic heterocycles. The van der Waals surface area contributed by atoms with Crippen LogP contribution in [0.1, 0.15) is 20.7 Å². The predicted molar refractivity (Wildman–Crippen MR) is 171 cm³/mol. The quantitative estimate of drug-likeness (QED) is 0.0275. The number of nitro groups is 1. The van der Waals surface area contributed by atoms with Crippen LogP contribution in [0.5, 0.6) is 11.5 Å². The van der Waals surface area contributed by atoms with Crippen LogP contribution in [0.4, 0.5) is 49.1 Å². The summed E-state index contributed by atoms with van der Waals surface area (Å²) in [7, 11) is 0. The lowest BCUT2D eigenvalue weighted by Gasteiger charge is -2.24. The van der Waals surface area contributed by atoms with E-state index in [9.17, 15) is 46.0 Å². The number of hydrogen-bond donors (Lipinski definition) is 0. The predicted octanol–water partition coefficient (Wildman–Crippen LogP) is 9.36. The minimum Gasteiger partial charge on any atom is -0.460 e. The van der Waals surface area contributed by atoms with Crippen molar-refractivity contribution in [2.24, 2.45) is 10.2 Å². The van der Waals surface area contributed by atoms with Crippen LogP contribution in [0.3, 0.4) is 0 Å². The Hall–Kier alpha value is -6.72. The third-order valence-corrected chi connectivity index (χ3v) is 6.64. The van der Waals surface area contributed by atoms with Crippen LogP contribution in [-0.4, -0.2) is 43.2 Å². The van der Waals surface area contributed by atoms with Crippen molar-refractivity contribution in [1.82, 2.24) is 0 Å². The number of carbonyl (C=O) groups is 2. The van der Waals surface area contributed by atoms with Crippen molar-refractivity contribution >= 4 is 34.7 Å². The van der Waals surface area contributed by atoms with Crippen LogP contribution < -0.4 is 14.4 Å². The zero-order valence-corrected chi connectivity index (χ0v) is 26.4. The first-order chi connectivity index (χ1) is 24.9. The van der Waals surface area contributed by atoms with Gasteiger partial charge >= 0.3 is 36.1 Å². The number of nitro benzene ring substituents is 1. The molecule has 0 fully saturated rings. The summed E-state index contributed by atoms with van der Waals surface area (Å²) in [5.41, 5.74) is 1.31. The molecule has 0 atom stereocenters. The van der Waals surface area contributed by atoms with Crippen molar-refractivity contribution in [3.8, 4) is 11.5 Å². The van der Waals surface area contributed by atoms with Gasteiger partial charge in [0.15, 0.2) is 0 Å². The fourth-order valence-corrected chi connectivity index (χ4v) is 4.12. The van der Waals surface area contributed by atoms with E-state index in [2.05, 4.69) is 19.7 Å². The Morgan fingerprint density at radius 3 is 1.35 bits per heavy atom. The molecule has 0 unspecified atom stereocenters. The summed E-state index contributed by atoms with van der Waals surface area (Å²) in [6.07, 6.45) is -5.29. The second kappa shape index (κ2) is 18.3. The third-order valence-electron chi connectivity index (χ3n) is 6.64. The number of anilines is 1. The van der Waals surface area contributed by atoms with E-state index in [1.165, 1.54) is 48.5 Å². The van der Waals surface area contributed by atoms with Crippen molar-refractivity contribution < 1.29 is 59.8 Å². The zero-order chi connectivity index (χ0) is 37.6. The van der Waals surface area contributed by atoms with Gasteiger partial charge in [0, 0.05) is 17.8 Å². The fraction of sp³-hybridized carbons (Fsp3) is 0.118. The van der Waals surface area contributed by atoms with Crippen LogP contribution in [0.2, 0.25) is 0 Å². The number of halogens is 6. The smallest absolute Gasteiger partial charge is 0.344 e. The molecule has 0 amide bonds. The second-order valence-electron chi connectivity index (χ2n) is 10.1. The van der Waals surface area contributed by atoms with Gasteiger partial charge < -0.3 is 23.8 Å². The summed E-state index contributed by atoms with van der Waals surface area (Å²) in [6.45, 7) is -0.196. The molecule has 0 aliphatic carbocycles. The first kappa shape index (κ1) is 38.1. The summed E-state index contributed by atoms with van der Waals surface area (Å²) >= 11 is 0. The van der Waals surface area contributed by atoms with Crippen molar-refractivity contribution in [2.45, 2.75) is 0 Å². The van der Waals surface area contributed by atoms with E-state index in [0.717, 1.165) is 24.3 Å². The number of esters is 2. The lowest BCUT2D eigenvalue weighted by atomic mass is 10.2. The minimum absolute atomic E-state index is 0.0191. The Bertz CT molecular complexity index is 1860. The van der Waals surface area contributed by atoms with Crippen molar-refractivity contribution in [1.29, 1.82) is 0 Å². The highest BCUT2D eigenvalue weighted by atomic mass is 19.3. The van der Waals surface area contributed by atoms with Crippen LogP contribution in [-0.2, 0) is 9.47 Å². The molecule has 270 valence electrons. The van der Waals surface area contributed by atoms with E-state index in [1.807, 2.05) is 0 Å². The number of benzene rings is 4. The molecule has 0 bridgehead atoms. The van der Waals surface area contributed by atoms with Gasteiger partial charge in [0.25, 0.3) is 5.69 Å². The number of ether oxygens (including phenoxy) is 4. The van der Waals surface area contributed by atoms with Crippen LogP contribution >= 0.6 is 0 Å². The number of azo groups is 1. The molecule has 0 saturated heterocycles. The SMILES string of the molecule is O=C(OCCN(CCOC(=O)c1ccc(OC(F)=C(F)F)cc1)c1ccc(N=Nc2ccc([N+](=O)[O-])cc2)cc1)c1ccc(OC(F)=C(F)F)cc1. The third kappa shape index (κ3) is 11.4. The van der Waals surface area contributed by atoms with E-state index in [1.54, 1.807) is 29.2 Å². The van der Waals surface area contributed by atoms with E-state index in [0.29, 0.717) is 17.1 Å². The summed E-state index contributed by atoms with van der Waals surface area (Å²) in [5.74, 6) is -2.13. The zero-order valence-electron chi connectivity index (χ0n) is 26.4. The highest BCUT2D eigenvalue weighted by Crippen LogP contribution is 2.25. The molecule has 4 aromatic rings. The van der Waals surface area contributed by atoms with Gasteiger partial charge in [0.1, 0.15) is 24.7 Å². The van der Waals surface area contributed by atoms with Gasteiger partial charge in [-0.05, 0) is 84.9 Å². The van der Waals surface area contributed by atoms with Gasteiger partial charge in [-0.1, -0.05) is 0 Å². The minimum atomic E-state index is -2.64. The van der Waals surface area contributed by atoms with Crippen LogP contribution in [0.25, 0.3) is 0 Å². The highest BCUT2D eigenvalue weighted by molar-refractivity contribution is 5.90. The Morgan fingerprint density at radius 2 is 0.981 bits per heavy atom. The second-order valence-corrected chi connectivity index (χ2v) is 10.1. The van der Waals surface area contributed by atoms with E-state index in [-0.39, 0.29) is 54.6 Å². The van der Waals surface area contributed by atoms with Crippen LogP contribution in [0, 0.1) is 10.1 Å². The molecule has 12 nitrogen and oxygen atoms in total. The average Bonchev–Trinajstić information content (AvgIpc) is 3.14. The highest BCUT2D eigenvalue weighted by Gasteiger charge is 2.15. The van der Waals surface area contributed by atoms with Crippen molar-refractivity contribution in [3.63, 3.8) is 0 Å². The molecule has 4 aromatic carbocycles. The molecule has 0 saturated carbocycles. The number of hydrogen-bond acceptors (Lipinski definition) is 11. The maximum absolute atomic E-state index is 13.0. The standard InChI is InChI=1S/C34H24F6N4O8/c35-29(36)31(39)51-27-13-1-21(2-14-27)33(45)49-19-17-43(18-20-50-34(46)22-3-15-28(16-4-22)52-32(40)30(37)38)25-9-5-23(6-10-25)41-42-24-7-11-26(12-8-24)44(47)48/h1-16H,17-20H2. The first-order valence-corrected chi connectivity index (χ1v) is 14.7. The number of rotatable bonds is 16. The molecule has 18 heteroatoms. The normalized spacial score (nSPS) is 10.7. The maximum atomic E-state index is 13.0. The summed E-state index contributed by atoms with van der Waals surface area (Å²) in [5, 5.41) is 19.0. The molecule has 0 radical (unpaired) electrons. The Labute approximate surface area is 290 Å². The Kier molecular flexibility index (Phi) is 13.4. The van der Waals surface area contributed by atoms with Gasteiger partial charge in [-0.15, -0.1) is 0 Å². The molecule has 0 aliphatic rings. The molecule has 0 spiro atoms. The maximum Gasteiger partial charge on any atom is 0.344 e. The lowest BCUT2D eigenvalue weighted by Crippen LogP contribution is -2.32. The molecular formula is C34H24F6N4O8. The fourth-order valence-electron chi connectivity index (χ4n) is 4.12. The molecule has 4 rings (SSSR count). The topological polar surface area (TPSA) is 142 Å². The number of carbonyl (C=O) groups excluding carboxylic acids is 2. The first-order valence-electron chi connectivity index (χ1n) is 14.7. The molecule has 52 heavy (non-hydrogen) atoms. The largest absolute Gasteiger partial charge is 0.460 e. The molecular weight excluding hydrogens is 706 g/mol. The van der Waals surface area contributed by atoms with E-state index < -0.39 is 41.0 Å². The van der Waals surface area contributed by atoms with Gasteiger partial charge in [0.2, 0.25) is 0 Å². The summed E-state index contributed by atoms with van der Waals surface area (Å²) in [6, 6.07) is 17.0. The van der Waals surface area contributed by atoms with E-state index >= 15 is 0 Å². The Balaban J connectivity index is 1.40. The summed E-state index contributed by atoms with van der Waals surface area (Å²) in [4.78, 5) is 37.2. The average molecular weight is 731 g/mol. The molecule has 0 aromatic heterocycles. The van der Waals surface area contributed by atoms with Gasteiger partial charge in [-0.2, -0.15) is 36.6 Å². The number of non-ortho nitro benzene ring substituents is 1. The lowest BCUT2D eigenvalue weighted by molar-refractivity contribution is -0.384. The van der Waals surface area contributed by atoms with Crippen LogP contribution in [0.15, 0.2) is 131 Å². The summed E-state index contributed by atoms with van der Waals surface area (Å²) < 4.78 is 94.5.